The van der Waals surface area contributed by atoms with Gasteiger partial charge in [-0.1, -0.05) is 24.3 Å². The summed E-state index contributed by atoms with van der Waals surface area (Å²) >= 11 is 1.57. The highest BCUT2D eigenvalue weighted by Crippen LogP contribution is 2.31. The predicted molar refractivity (Wildman–Crippen MR) is 98.1 cm³/mol. The lowest BCUT2D eigenvalue weighted by Crippen LogP contribution is -2.45. The van der Waals surface area contributed by atoms with Crippen molar-refractivity contribution in [3.8, 4) is 0 Å². The minimum atomic E-state index is -1.11. The minimum Gasteiger partial charge on any atom is -0.383 e. The van der Waals surface area contributed by atoms with Crippen molar-refractivity contribution >= 4 is 28.0 Å². The maximum Gasteiger partial charge on any atom is 0.195 e. The first kappa shape index (κ1) is 16.5. The van der Waals surface area contributed by atoms with Crippen LogP contribution in [0.25, 0.3) is 10.9 Å². The zero-order chi connectivity index (χ0) is 17.2. The van der Waals surface area contributed by atoms with Crippen molar-refractivity contribution in [3.05, 3.63) is 58.4 Å². The van der Waals surface area contributed by atoms with E-state index >= 15 is 0 Å². The molecule has 0 spiro atoms. The van der Waals surface area contributed by atoms with E-state index in [1.807, 2.05) is 41.8 Å². The van der Waals surface area contributed by atoms with Crippen molar-refractivity contribution in [2.75, 3.05) is 26.3 Å². The number of aromatic nitrogens is 1. The predicted octanol–water partition coefficient (Wildman–Crippen LogP) is 2.85. The van der Waals surface area contributed by atoms with Crippen molar-refractivity contribution in [2.24, 2.45) is 0 Å². The van der Waals surface area contributed by atoms with E-state index in [4.69, 9.17) is 4.74 Å². The Balaban J connectivity index is 1.67. The van der Waals surface area contributed by atoms with Crippen LogP contribution in [0.1, 0.15) is 21.3 Å². The number of hydrogen-bond acceptors (Lipinski definition) is 5. The SMILES string of the molecule is O=C(c1c[nH]c2ccccc12)[C@H](O)[C@H](c1cccs1)N1CCOCC1. The number of aromatic amines is 1. The van der Waals surface area contributed by atoms with Gasteiger partial charge in [0.1, 0.15) is 6.10 Å². The molecule has 5 nitrogen and oxygen atoms in total. The first-order chi connectivity index (χ1) is 12.3. The molecule has 0 bridgehead atoms. The molecule has 2 atom stereocenters. The summed E-state index contributed by atoms with van der Waals surface area (Å²) in [5, 5.41) is 13.8. The summed E-state index contributed by atoms with van der Waals surface area (Å²) < 4.78 is 5.43. The standard InChI is InChI=1S/C19H20N2O3S/c22-18(14-12-20-15-5-2-1-4-13(14)15)19(23)17(16-6-3-11-25-16)21-7-9-24-10-8-21/h1-6,11-12,17,19-20,23H,7-10H2/t17-,19+/m0/s1. The van der Waals surface area contributed by atoms with E-state index in [1.165, 1.54) is 0 Å². The smallest absolute Gasteiger partial charge is 0.195 e. The van der Waals surface area contributed by atoms with Crippen molar-refractivity contribution < 1.29 is 14.6 Å². The van der Waals surface area contributed by atoms with Gasteiger partial charge in [-0.2, -0.15) is 0 Å². The number of aliphatic hydroxyl groups is 1. The number of H-pyrrole nitrogens is 1. The fourth-order valence-corrected chi connectivity index (χ4v) is 4.32. The Kier molecular flexibility index (Phi) is 4.67. The summed E-state index contributed by atoms with van der Waals surface area (Å²) in [6, 6.07) is 11.2. The Morgan fingerprint density at radius 1 is 1.20 bits per heavy atom. The summed E-state index contributed by atoms with van der Waals surface area (Å²) in [6.45, 7) is 2.66. The van der Waals surface area contributed by atoms with Crippen molar-refractivity contribution in [1.29, 1.82) is 0 Å². The van der Waals surface area contributed by atoms with Crippen LogP contribution in [0, 0.1) is 0 Å². The second kappa shape index (κ2) is 7.09. The summed E-state index contributed by atoms with van der Waals surface area (Å²) in [7, 11) is 0. The molecule has 3 heterocycles. The fourth-order valence-electron chi connectivity index (χ4n) is 3.43. The molecule has 2 N–H and O–H groups in total. The van der Waals surface area contributed by atoms with Gasteiger partial charge in [-0.15, -0.1) is 11.3 Å². The van der Waals surface area contributed by atoms with Gasteiger partial charge in [0.2, 0.25) is 0 Å². The van der Waals surface area contributed by atoms with E-state index in [0.29, 0.717) is 31.9 Å². The van der Waals surface area contributed by atoms with Crippen LogP contribution >= 0.6 is 11.3 Å². The maximum absolute atomic E-state index is 13.1. The molecule has 2 aromatic heterocycles. The lowest BCUT2D eigenvalue weighted by molar-refractivity contribution is -0.0162. The molecule has 0 amide bonds. The largest absolute Gasteiger partial charge is 0.383 e. The number of para-hydroxylation sites is 1. The third-order valence-corrected chi connectivity index (χ3v) is 5.64. The summed E-state index contributed by atoms with van der Waals surface area (Å²) in [6.07, 6.45) is 0.581. The van der Waals surface area contributed by atoms with Gasteiger partial charge in [-0.05, 0) is 17.5 Å². The monoisotopic (exact) mass is 356 g/mol. The van der Waals surface area contributed by atoms with Crippen molar-refractivity contribution in [2.45, 2.75) is 12.1 Å². The number of ketones is 1. The van der Waals surface area contributed by atoms with Crippen LogP contribution in [0.2, 0.25) is 0 Å². The van der Waals surface area contributed by atoms with Crippen LogP contribution in [0.5, 0.6) is 0 Å². The van der Waals surface area contributed by atoms with Gasteiger partial charge in [-0.25, -0.2) is 0 Å². The number of carbonyl (C=O) groups excluding carboxylic acids is 1. The van der Waals surface area contributed by atoms with E-state index < -0.39 is 6.10 Å². The molecule has 4 rings (SSSR count). The van der Waals surface area contributed by atoms with E-state index in [2.05, 4.69) is 9.88 Å². The lowest BCUT2D eigenvalue weighted by atomic mass is 9.97. The van der Waals surface area contributed by atoms with Gasteiger partial charge in [0.25, 0.3) is 0 Å². The molecule has 1 fully saturated rings. The van der Waals surface area contributed by atoms with Gasteiger partial charge >= 0.3 is 0 Å². The number of ether oxygens (including phenoxy) is 1. The molecule has 0 unspecified atom stereocenters. The number of carbonyl (C=O) groups is 1. The third-order valence-electron chi connectivity index (χ3n) is 4.70. The number of nitrogens with one attached hydrogen (secondary N) is 1. The topological polar surface area (TPSA) is 65.6 Å². The second-order valence-electron chi connectivity index (χ2n) is 6.17. The number of nitrogens with zero attached hydrogens (tertiary/aromatic N) is 1. The van der Waals surface area contributed by atoms with Crippen LogP contribution in [-0.4, -0.2) is 53.2 Å². The molecule has 25 heavy (non-hydrogen) atoms. The van der Waals surface area contributed by atoms with E-state index in [-0.39, 0.29) is 11.8 Å². The molecule has 1 aromatic carbocycles. The van der Waals surface area contributed by atoms with Crippen LogP contribution in [0.15, 0.2) is 48.0 Å². The number of aliphatic hydroxyl groups excluding tert-OH is 1. The molecule has 1 aliphatic rings. The Hall–Kier alpha value is -1.99. The summed E-state index contributed by atoms with van der Waals surface area (Å²) in [4.78, 5) is 19.3. The average molecular weight is 356 g/mol. The molecule has 6 heteroatoms. The van der Waals surface area contributed by atoms with Crippen LogP contribution < -0.4 is 0 Å². The summed E-state index contributed by atoms with van der Waals surface area (Å²) in [5.41, 5.74) is 1.44. The molecule has 1 aliphatic heterocycles. The quantitative estimate of drug-likeness (QED) is 0.690. The third kappa shape index (κ3) is 3.14. The zero-order valence-corrected chi connectivity index (χ0v) is 14.5. The lowest BCUT2D eigenvalue weighted by Gasteiger charge is -2.36. The first-order valence-electron chi connectivity index (χ1n) is 8.39. The maximum atomic E-state index is 13.1. The van der Waals surface area contributed by atoms with Gasteiger partial charge in [0.15, 0.2) is 5.78 Å². The number of fused-ring (bicyclic) bond motifs is 1. The number of Topliss-reactive ketones (excluding diaryl/α,β-unsaturated/α-hetero) is 1. The van der Waals surface area contributed by atoms with Crippen LogP contribution in [0.4, 0.5) is 0 Å². The molecule has 0 aliphatic carbocycles. The Labute approximate surface area is 149 Å². The van der Waals surface area contributed by atoms with E-state index in [1.54, 1.807) is 17.5 Å². The van der Waals surface area contributed by atoms with E-state index in [9.17, 15) is 9.90 Å². The highest BCUT2D eigenvalue weighted by atomic mass is 32.1. The van der Waals surface area contributed by atoms with Crippen molar-refractivity contribution in [3.63, 3.8) is 0 Å². The molecule has 3 aromatic rings. The van der Waals surface area contributed by atoms with Crippen LogP contribution in [-0.2, 0) is 4.74 Å². The highest BCUT2D eigenvalue weighted by molar-refractivity contribution is 7.10. The number of hydrogen-bond donors (Lipinski definition) is 2. The Bertz CT molecular complexity index is 853. The van der Waals surface area contributed by atoms with Gasteiger partial charge in [-0.3, -0.25) is 9.69 Å². The molecule has 0 radical (unpaired) electrons. The van der Waals surface area contributed by atoms with Crippen LogP contribution in [0.3, 0.4) is 0 Å². The second-order valence-corrected chi connectivity index (χ2v) is 7.14. The highest BCUT2D eigenvalue weighted by Gasteiger charge is 2.35. The van der Waals surface area contributed by atoms with Gasteiger partial charge in [0, 0.05) is 40.6 Å². The molecular weight excluding hydrogens is 336 g/mol. The van der Waals surface area contributed by atoms with Crippen molar-refractivity contribution in [1.82, 2.24) is 9.88 Å². The van der Waals surface area contributed by atoms with Gasteiger partial charge < -0.3 is 14.8 Å². The zero-order valence-electron chi connectivity index (χ0n) is 13.7. The number of rotatable bonds is 5. The number of benzene rings is 1. The molecular formula is C19H20N2O3S. The molecule has 1 saturated heterocycles. The summed E-state index contributed by atoms with van der Waals surface area (Å²) in [5.74, 6) is -0.248. The minimum absolute atomic E-state index is 0.248. The first-order valence-corrected chi connectivity index (χ1v) is 9.27. The van der Waals surface area contributed by atoms with E-state index in [0.717, 1.165) is 15.8 Å². The molecule has 130 valence electrons. The number of thiophene rings is 1. The average Bonchev–Trinajstić information content (AvgIpc) is 3.32. The Morgan fingerprint density at radius 2 is 2.00 bits per heavy atom. The number of morpholine rings is 1. The normalized spacial score (nSPS) is 18.3. The van der Waals surface area contributed by atoms with Gasteiger partial charge in [0.05, 0.1) is 19.3 Å². The Morgan fingerprint density at radius 3 is 2.76 bits per heavy atom. The molecule has 0 saturated carbocycles. The fraction of sp³-hybridized carbons (Fsp3) is 0.316.